The summed E-state index contributed by atoms with van der Waals surface area (Å²) >= 11 is 9.25. The molecule has 1 fully saturated rings. The monoisotopic (exact) mass is 268 g/mol. The van der Waals surface area contributed by atoms with E-state index in [-0.39, 0.29) is 5.97 Å². The molecule has 4 atom stereocenters. The second-order valence-corrected chi connectivity index (χ2v) is 7.87. The fraction of sp³-hybridized carbons (Fsp3) is 0.900. The van der Waals surface area contributed by atoms with Gasteiger partial charge in [-0.15, -0.1) is 23.4 Å². The number of rotatable bonds is 2. The Labute approximate surface area is 105 Å². The van der Waals surface area contributed by atoms with Gasteiger partial charge in [0.25, 0.3) is 0 Å². The van der Waals surface area contributed by atoms with Crippen LogP contribution in [-0.4, -0.2) is 32.5 Å². The number of ether oxygens (including phenoxy) is 1. The Morgan fingerprint density at radius 1 is 1.53 bits per heavy atom. The van der Waals surface area contributed by atoms with Crippen molar-refractivity contribution < 1.29 is 9.53 Å². The van der Waals surface area contributed by atoms with E-state index in [0.29, 0.717) is 10.5 Å². The lowest BCUT2D eigenvalue weighted by Crippen LogP contribution is -2.40. The molecular formula is C10H17ClO2S2. The molecule has 1 aliphatic heterocycles. The van der Waals surface area contributed by atoms with Gasteiger partial charge in [0.1, 0.15) is 5.38 Å². The van der Waals surface area contributed by atoms with Crippen molar-refractivity contribution in [1.29, 1.82) is 0 Å². The van der Waals surface area contributed by atoms with Crippen LogP contribution in [0.3, 0.4) is 0 Å². The third-order valence-electron chi connectivity index (χ3n) is 2.35. The number of carbonyl (C=O) groups excluding carboxylic acids is 1. The Morgan fingerprint density at radius 3 is 2.60 bits per heavy atom. The van der Waals surface area contributed by atoms with Crippen molar-refractivity contribution in [3.8, 4) is 0 Å². The van der Waals surface area contributed by atoms with Crippen LogP contribution in [0.25, 0.3) is 0 Å². The first kappa shape index (κ1) is 13.5. The number of hydrogen-bond donors (Lipinski definition) is 0. The van der Waals surface area contributed by atoms with E-state index in [4.69, 9.17) is 16.3 Å². The molecule has 4 unspecified atom stereocenters. The number of halogens is 1. The number of alkyl halides is 1. The van der Waals surface area contributed by atoms with E-state index in [1.54, 1.807) is 18.7 Å². The van der Waals surface area contributed by atoms with E-state index in [9.17, 15) is 4.79 Å². The van der Waals surface area contributed by atoms with Crippen LogP contribution in [0.2, 0.25) is 0 Å². The molecule has 88 valence electrons. The van der Waals surface area contributed by atoms with Gasteiger partial charge in [0.15, 0.2) is 4.93 Å². The molecule has 2 nitrogen and oxygen atoms in total. The third-order valence-corrected chi connectivity index (χ3v) is 6.04. The van der Waals surface area contributed by atoms with Crippen LogP contribution in [-0.2, 0) is 9.53 Å². The quantitative estimate of drug-likeness (QED) is 0.568. The van der Waals surface area contributed by atoms with Crippen molar-refractivity contribution >= 4 is 41.1 Å². The first-order valence-corrected chi connectivity index (χ1v) is 7.37. The molecule has 0 aliphatic carbocycles. The van der Waals surface area contributed by atoms with Crippen molar-refractivity contribution in [2.75, 3.05) is 5.75 Å². The molecule has 0 saturated carbocycles. The zero-order valence-corrected chi connectivity index (χ0v) is 11.8. The smallest absolute Gasteiger partial charge is 0.325 e. The van der Waals surface area contributed by atoms with E-state index in [0.717, 1.165) is 5.75 Å². The molecule has 0 radical (unpaired) electrons. The summed E-state index contributed by atoms with van der Waals surface area (Å²) in [6, 6.07) is 0. The highest BCUT2D eigenvalue weighted by molar-refractivity contribution is 8.07. The minimum Gasteiger partial charge on any atom is -0.446 e. The van der Waals surface area contributed by atoms with Crippen LogP contribution >= 0.6 is 35.1 Å². The molecule has 0 spiro atoms. The minimum atomic E-state index is -0.568. The Balaban J connectivity index is 2.56. The third kappa shape index (κ3) is 3.75. The largest absolute Gasteiger partial charge is 0.446 e. The van der Waals surface area contributed by atoms with Crippen molar-refractivity contribution in [2.45, 2.75) is 48.5 Å². The molecule has 0 N–H and O–H groups in total. The Hall–Kier alpha value is 0.460. The summed E-state index contributed by atoms with van der Waals surface area (Å²) in [5.41, 5.74) is 0. The van der Waals surface area contributed by atoms with Crippen LogP contribution < -0.4 is 0 Å². The highest BCUT2D eigenvalue weighted by Gasteiger charge is 2.38. The second-order valence-electron chi connectivity index (χ2n) is 4.01. The molecule has 1 aliphatic rings. The summed E-state index contributed by atoms with van der Waals surface area (Å²) in [5, 5.41) is 0.532. The van der Waals surface area contributed by atoms with Crippen molar-refractivity contribution in [1.82, 2.24) is 0 Å². The molecule has 5 heteroatoms. The number of carbonyl (C=O) groups is 1. The predicted octanol–water partition coefficient (Wildman–Crippen LogP) is 3.13. The maximum Gasteiger partial charge on any atom is 0.325 e. The molecule has 1 heterocycles. The van der Waals surface area contributed by atoms with Gasteiger partial charge in [-0.25, -0.2) is 0 Å². The van der Waals surface area contributed by atoms with Gasteiger partial charge >= 0.3 is 5.97 Å². The molecule has 15 heavy (non-hydrogen) atoms. The molecule has 0 aromatic rings. The zero-order chi connectivity index (χ0) is 11.6. The Bertz CT molecular complexity index is 248. The lowest BCUT2D eigenvalue weighted by Gasteiger charge is -2.38. The first-order valence-electron chi connectivity index (χ1n) is 5.00. The summed E-state index contributed by atoms with van der Waals surface area (Å²) in [6.45, 7) is 7.97. The fourth-order valence-corrected chi connectivity index (χ4v) is 4.22. The minimum absolute atomic E-state index is 0.325. The lowest BCUT2D eigenvalue weighted by molar-refractivity contribution is -0.148. The predicted molar refractivity (Wildman–Crippen MR) is 68.8 cm³/mol. The first-order chi connectivity index (χ1) is 6.84. The Kier molecular flexibility index (Phi) is 4.68. The van der Waals surface area contributed by atoms with Crippen molar-refractivity contribution in [2.24, 2.45) is 0 Å². The number of esters is 1. The van der Waals surface area contributed by atoms with Crippen LogP contribution in [0, 0.1) is 0 Å². The van der Waals surface area contributed by atoms with Gasteiger partial charge in [0, 0.05) is 16.3 Å². The SMILES string of the molecule is CC(Cl)C(=O)OC1(C)CSC(C)C(C)S1. The van der Waals surface area contributed by atoms with Gasteiger partial charge in [-0.1, -0.05) is 13.8 Å². The van der Waals surface area contributed by atoms with E-state index in [2.05, 4.69) is 13.8 Å². The summed E-state index contributed by atoms with van der Waals surface area (Å²) in [7, 11) is 0. The van der Waals surface area contributed by atoms with Gasteiger partial charge < -0.3 is 4.74 Å². The van der Waals surface area contributed by atoms with E-state index >= 15 is 0 Å². The molecule has 1 saturated heterocycles. The van der Waals surface area contributed by atoms with E-state index in [1.165, 1.54) is 0 Å². The van der Waals surface area contributed by atoms with Crippen molar-refractivity contribution in [3.05, 3.63) is 0 Å². The van der Waals surface area contributed by atoms with Crippen LogP contribution in [0.15, 0.2) is 0 Å². The second kappa shape index (κ2) is 5.19. The molecule has 0 aromatic carbocycles. The number of hydrogen-bond acceptors (Lipinski definition) is 4. The van der Waals surface area contributed by atoms with Gasteiger partial charge in [0.05, 0.1) is 0 Å². The molecule has 0 aromatic heterocycles. The van der Waals surface area contributed by atoms with Gasteiger partial charge in [-0.2, -0.15) is 11.8 Å². The van der Waals surface area contributed by atoms with Gasteiger partial charge in [-0.3, -0.25) is 4.79 Å². The summed E-state index contributed by atoms with van der Waals surface area (Å²) in [6.07, 6.45) is 0. The topological polar surface area (TPSA) is 26.3 Å². The molecular weight excluding hydrogens is 252 g/mol. The summed E-state index contributed by atoms with van der Waals surface area (Å²) in [5.74, 6) is 0.507. The van der Waals surface area contributed by atoms with Crippen molar-refractivity contribution in [3.63, 3.8) is 0 Å². The average molecular weight is 269 g/mol. The van der Waals surface area contributed by atoms with Crippen LogP contribution in [0.4, 0.5) is 0 Å². The molecule has 0 bridgehead atoms. The average Bonchev–Trinajstić information content (AvgIpc) is 2.12. The van der Waals surface area contributed by atoms with E-state index < -0.39 is 10.3 Å². The lowest BCUT2D eigenvalue weighted by atomic mass is 10.3. The fourth-order valence-electron chi connectivity index (χ4n) is 1.29. The molecule has 0 amide bonds. The van der Waals surface area contributed by atoms with Crippen LogP contribution in [0.1, 0.15) is 27.7 Å². The van der Waals surface area contributed by atoms with Gasteiger partial charge in [0.2, 0.25) is 0 Å². The standard InChI is InChI=1S/C10H17ClO2S2/c1-6(11)9(12)13-10(4)5-14-7(2)8(3)15-10/h6-8H,5H2,1-4H3. The highest BCUT2D eigenvalue weighted by atomic mass is 35.5. The maximum absolute atomic E-state index is 11.4. The zero-order valence-electron chi connectivity index (χ0n) is 9.45. The Morgan fingerprint density at radius 2 is 2.13 bits per heavy atom. The number of thioether (sulfide) groups is 2. The highest BCUT2D eigenvalue weighted by Crippen LogP contribution is 2.43. The van der Waals surface area contributed by atoms with Crippen LogP contribution in [0.5, 0.6) is 0 Å². The summed E-state index contributed by atoms with van der Waals surface area (Å²) in [4.78, 5) is 11.0. The van der Waals surface area contributed by atoms with E-state index in [1.807, 2.05) is 18.7 Å². The maximum atomic E-state index is 11.4. The summed E-state index contributed by atoms with van der Waals surface area (Å²) < 4.78 is 5.43. The molecule has 1 rings (SSSR count). The normalized spacial score (nSPS) is 38.5. The van der Waals surface area contributed by atoms with Gasteiger partial charge in [-0.05, 0) is 13.8 Å².